The topological polar surface area (TPSA) is 48.6 Å². The van der Waals surface area contributed by atoms with Gasteiger partial charge in [0.1, 0.15) is 0 Å². The van der Waals surface area contributed by atoms with Crippen molar-refractivity contribution in [1.82, 2.24) is 10.2 Å². The van der Waals surface area contributed by atoms with Crippen molar-refractivity contribution < 1.29 is 0 Å². The van der Waals surface area contributed by atoms with Crippen LogP contribution in [0.25, 0.3) is 11.3 Å². The van der Waals surface area contributed by atoms with Gasteiger partial charge in [0.05, 0.1) is 5.69 Å². The molecule has 0 radical (unpaired) electrons. The molecule has 1 aromatic carbocycles. The van der Waals surface area contributed by atoms with Gasteiger partial charge in [-0.3, -0.25) is 15.0 Å². The van der Waals surface area contributed by atoms with Crippen molar-refractivity contribution in [2.75, 3.05) is 0 Å². The summed E-state index contributed by atoms with van der Waals surface area (Å²) in [4.78, 5) is 10.9. The molecule has 1 aromatic heterocycles. The normalized spacial score (nSPS) is 9.27. The fourth-order valence-electron chi connectivity index (χ4n) is 1.30. The molecule has 2 rings (SSSR count). The van der Waals surface area contributed by atoms with E-state index in [1.807, 2.05) is 45.0 Å². The molecule has 3 nitrogen and oxygen atoms in total. The molecule has 0 saturated heterocycles. The Hall–Kier alpha value is -1.77. The van der Waals surface area contributed by atoms with E-state index in [1.165, 1.54) is 5.56 Å². The van der Waals surface area contributed by atoms with Gasteiger partial charge in [-0.2, -0.15) is 0 Å². The number of hydrogen-bond donors (Lipinski definition) is 2. The van der Waals surface area contributed by atoms with Gasteiger partial charge in [0.2, 0.25) is 0 Å². The lowest BCUT2D eigenvalue weighted by molar-refractivity contribution is 1.06. The Morgan fingerprint density at radius 3 is 2.33 bits per heavy atom. The summed E-state index contributed by atoms with van der Waals surface area (Å²) in [7, 11) is 0. The van der Waals surface area contributed by atoms with Gasteiger partial charge < -0.3 is 0 Å². The summed E-state index contributed by atoms with van der Waals surface area (Å²) in [6.45, 7) is 6.02. The summed E-state index contributed by atoms with van der Waals surface area (Å²) in [6, 6.07) is 9.53. The maximum Gasteiger partial charge on any atom is 0.264 e. The first-order chi connectivity index (χ1) is 7.25. The molecule has 0 spiro atoms. The number of rotatable bonds is 1. The Labute approximate surface area is 89.1 Å². The molecule has 0 aliphatic heterocycles. The summed E-state index contributed by atoms with van der Waals surface area (Å²) < 4.78 is 0. The van der Waals surface area contributed by atoms with Crippen molar-refractivity contribution in [3.8, 4) is 11.3 Å². The van der Waals surface area contributed by atoms with Crippen LogP contribution in [0.2, 0.25) is 0 Å². The molecule has 2 aromatic rings. The van der Waals surface area contributed by atoms with E-state index in [9.17, 15) is 4.79 Å². The zero-order chi connectivity index (χ0) is 11.3. The van der Waals surface area contributed by atoms with Gasteiger partial charge in [-0.1, -0.05) is 37.6 Å². The van der Waals surface area contributed by atoms with Crippen molar-refractivity contribution in [2.45, 2.75) is 20.8 Å². The summed E-state index contributed by atoms with van der Waals surface area (Å²) in [6.07, 6.45) is 0. The average Bonchev–Trinajstić information content (AvgIpc) is 2.68. The molecule has 3 heteroatoms. The predicted molar refractivity (Wildman–Crippen MR) is 62.9 cm³/mol. The smallest absolute Gasteiger partial charge is 0.264 e. The summed E-state index contributed by atoms with van der Waals surface area (Å²) in [5.41, 5.74) is 2.93. The van der Waals surface area contributed by atoms with Crippen LogP contribution >= 0.6 is 0 Å². The van der Waals surface area contributed by atoms with E-state index in [-0.39, 0.29) is 5.56 Å². The van der Waals surface area contributed by atoms with Crippen molar-refractivity contribution in [2.24, 2.45) is 0 Å². The van der Waals surface area contributed by atoms with E-state index in [1.54, 1.807) is 6.07 Å². The monoisotopic (exact) mass is 204 g/mol. The standard InChI is InChI=1S/C10H10N2O.C2H6/c1-7-3-2-4-8(5-7)9-6-10(13)12-11-9;1-2/h2-6H,1H3,(H2,11,12,13);1-2H3. The molecular formula is C12H16N2O. The molecule has 0 aliphatic rings. The molecule has 80 valence electrons. The fraction of sp³-hybridized carbons (Fsp3) is 0.250. The van der Waals surface area contributed by atoms with Crippen LogP contribution in [0.3, 0.4) is 0 Å². The lowest BCUT2D eigenvalue weighted by Gasteiger charge is -1.97. The van der Waals surface area contributed by atoms with Crippen LogP contribution in [-0.4, -0.2) is 10.2 Å². The van der Waals surface area contributed by atoms with Crippen LogP contribution in [-0.2, 0) is 0 Å². The number of aryl methyl sites for hydroxylation is 1. The SMILES string of the molecule is CC.Cc1cccc(-c2cc(=O)[nH][nH]2)c1. The molecule has 0 unspecified atom stereocenters. The van der Waals surface area contributed by atoms with E-state index in [2.05, 4.69) is 10.2 Å². The molecule has 0 aliphatic carbocycles. The fourth-order valence-corrected chi connectivity index (χ4v) is 1.30. The molecule has 0 amide bonds. The maximum absolute atomic E-state index is 10.9. The second kappa shape index (κ2) is 5.20. The van der Waals surface area contributed by atoms with Gasteiger partial charge in [0.25, 0.3) is 5.56 Å². The lowest BCUT2D eigenvalue weighted by Crippen LogP contribution is -1.93. The van der Waals surface area contributed by atoms with Gasteiger partial charge in [-0.05, 0) is 18.6 Å². The van der Waals surface area contributed by atoms with Crippen LogP contribution in [0.1, 0.15) is 19.4 Å². The highest BCUT2D eigenvalue weighted by atomic mass is 16.1. The third-order valence-electron chi connectivity index (χ3n) is 1.92. The minimum atomic E-state index is -0.100. The Balaban J connectivity index is 0.000000531. The van der Waals surface area contributed by atoms with Crippen LogP contribution < -0.4 is 5.56 Å². The van der Waals surface area contributed by atoms with Crippen LogP contribution in [0, 0.1) is 6.92 Å². The molecule has 0 saturated carbocycles. The Bertz CT molecular complexity index is 468. The second-order valence-corrected chi connectivity index (χ2v) is 3.04. The minimum Gasteiger partial charge on any atom is -0.298 e. The third-order valence-corrected chi connectivity index (χ3v) is 1.92. The van der Waals surface area contributed by atoms with E-state index < -0.39 is 0 Å². The lowest BCUT2D eigenvalue weighted by atomic mass is 10.1. The van der Waals surface area contributed by atoms with Gasteiger partial charge in [-0.25, -0.2) is 0 Å². The zero-order valence-electron chi connectivity index (χ0n) is 9.29. The molecule has 15 heavy (non-hydrogen) atoms. The highest BCUT2D eigenvalue weighted by Gasteiger charge is 1.99. The van der Waals surface area contributed by atoms with E-state index >= 15 is 0 Å². The second-order valence-electron chi connectivity index (χ2n) is 3.04. The number of H-pyrrole nitrogens is 2. The highest BCUT2D eigenvalue weighted by molar-refractivity contribution is 5.59. The Kier molecular flexibility index (Phi) is 3.92. The van der Waals surface area contributed by atoms with Crippen molar-refractivity contribution in [3.05, 3.63) is 46.2 Å². The molecule has 0 atom stereocenters. The molecule has 1 heterocycles. The maximum atomic E-state index is 10.9. The van der Waals surface area contributed by atoms with Gasteiger partial charge in [0.15, 0.2) is 0 Å². The van der Waals surface area contributed by atoms with Crippen molar-refractivity contribution >= 4 is 0 Å². The van der Waals surface area contributed by atoms with Crippen molar-refractivity contribution in [1.29, 1.82) is 0 Å². The van der Waals surface area contributed by atoms with Crippen LogP contribution in [0.15, 0.2) is 35.1 Å². The molecule has 0 bridgehead atoms. The quantitative estimate of drug-likeness (QED) is 0.737. The van der Waals surface area contributed by atoms with E-state index in [4.69, 9.17) is 0 Å². The Morgan fingerprint density at radius 1 is 1.07 bits per heavy atom. The molecule has 0 fully saturated rings. The first-order valence-corrected chi connectivity index (χ1v) is 5.10. The minimum absolute atomic E-state index is 0.100. The number of benzene rings is 1. The average molecular weight is 204 g/mol. The van der Waals surface area contributed by atoms with Gasteiger partial charge in [0, 0.05) is 6.07 Å². The third kappa shape index (κ3) is 2.84. The molecule has 2 N–H and O–H groups in total. The zero-order valence-corrected chi connectivity index (χ0v) is 9.29. The number of aromatic amines is 2. The first kappa shape index (κ1) is 11.3. The largest absolute Gasteiger partial charge is 0.298 e. The number of hydrogen-bond acceptors (Lipinski definition) is 1. The van der Waals surface area contributed by atoms with Crippen molar-refractivity contribution in [3.63, 3.8) is 0 Å². The predicted octanol–water partition coefficient (Wildman–Crippen LogP) is 2.70. The number of aromatic nitrogens is 2. The van der Waals surface area contributed by atoms with E-state index in [0.29, 0.717) is 0 Å². The van der Waals surface area contributed by atoms with Gasteiger partial charge in [-0.15, -0.1) is 0 Å². The first-order valence-electron chi connectivity index (χ1n) is 5.10. The summed E-state index contributed by atoms with van der Waals surface area (Å²) >= 11 is 0. The van der Waals surface area contributed by atoms with Crippen LogP contribution in [0.5, 0.6) is 0 Å². The van der Waals surface area contributed by atoms with Crippen LogP contribution in [0.4, 0.5) is 0 Å². The molecular weight excluding hydrogens is 188 g/mol. The van der Waals surface area contributed by atoms with E-state index in [0.717, 1.165) is 11.3 Å². The summed E-state index contributed by atoms with van der Waals surface area (Å²) in [5.74, 6) is 0. The highest BCUT2D eigenvalue weighted by Crippen LogP contribution is 2.15. The Morgan fingerprint density at radius 2 is 1.80 bits per heavy atom. The number of nitrogens with one attached hydrogen (secondary N) is 2. The van der Waals surface area contributed by atoms with Gasteiger partial charge >= 0.3 is 0 Å². The summed E-state index contributed by atoms with van der Waals surface area (Å²) in [5, 5.41) is 5.32.